The van der Waals surface area contributed by atoms with Crippen LogP contribution in [0.3, 0.4) is 0 Å². The van der Waals surface area contributed by atoms with Gasteiger partial charge in [-0.3, -0.25) is 14.7 Å². The molecule has 27 heavy (non-hydrogen) atoms. The summed E-state index contributed by atoms with van der Waals surface area (Å²) in [4.78, 5) is 23.1. The number of carbonyl (C=O) groups is 1. The van der Waals surface area contributed by atoms with Crippen LogP contribution in [0.4, 0.5) is 5.69 Å². The van der Waals surface area contributed by atoms with Crippen LogP contribution in [0.1, 0.15) is 18.5 Å². The quantitative estimate of drug-likeness (QED) is 0.617. The highest BCUT2D eigenvalue weighted by atomic mass is 35.5. The molecule has 0 saturated carbocycles. The molecule has 2 aromatic rings. The van der Waals surface area contributed by atoms with E-state index in [2.05, 4.69) is 12.1 Å². The van der Waals surface area contributed by atoms with E-state index in [0.29, 0.717) is 9.93 Å². The Bertz CT molecular complexity index is 974. The van der Waals surface area contributed by atoms with Crippen LogP contribution in [-0.2, 0) is 4.79 Å². The van der Waals surface area contributed by atoms with Crippen LogP contribution in [0.15, 0.2) is 68.4 Å². The SMILES string of the molecule is C[C@H](N=C1S/C(=C2\Sc3ccc(Cl)cc3N2C)C(=O)N1C)c1ccccc1. The standard InChI is InChI=1S/C20H18ClN3OS2/c1-12(13-7-5-4-6-8-13)22-20-24(3)18(25)17(27-20)19-23(2)15-11-14(21)9-10-16(15)26-19/h4-12H,1-3H3/b19-17-,22-20?/t12-/m0/s1. The van der Waals surface area contributed by atoms with Crippen molar-refractivity contribution in [2.75, 3.05) is 19.0 Å². The highest BCUT2D eigenvalue weighted by Crippen LogP contribution is 2.50. The number of likely N-dealkylation sites (N-methyl/N-ethyl adjacent to an activating group) is 1. The summed E-state index contributed by atoms with van der Waals surface area (Å²) in [6.07, 6.45) is 0. The maximum atomic E-state index is 12.9. The number of hydrogen-bond acceptors (Lipinski definition) is 5. The minimum absolute atomic E-state index is 0.0155. The normalized spacial score (nSPS) is 21.9. The molecule has 2 aliphatic rings. The molecule has 0 radical (unpaired) electrons. The van der Waals surface area contributed by atoms with Gasteiger partial charge in [-0.05, 0) is 42.4 Å². The molecular weight excluding hydrogens is 398 g/mol. The summed E-state index contributed by atoms with van der Waals surface area (Å²) in [5.41, 5.74) is 2.15. The van der Waals surface area contributed by atoms with Crippen LogP contribution < -0.4 is 4.90 Å². The lowest BCUT2D eigenvalue weighted by Gasteiger charge is -2.14. The summed E-state index contributed by atoms with van der Waals surface area (Å²) >= 11 is 9.17. The average Bonchev–Trinajstić information content (AvgIpc) is 3.14. The first-order chi connectivity index (χ1) is 13.0. The van der Waals surface area contributed by atoms with E-state index in [1.807, 2.05) is 55.3 Å². The number of rotatable bonds is 2. The molecule has 1 saturated heterocycles. The molecule has 0 unspecified atom stereocenters. The topological polar surface area (TPSA) is 35.9 Å². The smallest absolute Gasteiger partial charge is 0.269 e. The third kappa shape index (κ3) is 3.37. The zero-order chi connectivity index (χ0) is 19.1. The second-order valence-corrected chi connectivity index (χ2v) is 8.82. The van der Waals surface area contributed by atoms with Crippen LogP contribution in [-0.4, -0.2) is 30.1 Å². The van der Waals surface area contributed by atoms with E-state index in [4.69, 9.17) is 16.6 Å². The van der Waals surface area contributed by atoms with Crippen molar-refractivity contribution in [2.24, 2.45) is 4.99 Å². The summed E-state index contributed by atoms with van der Waals surface area (Å²) in [7, 11) is 3.75. The van der Waals surface area contributed by atoms with Gasteiger partial charge in [-0.2, -0.15) is 0 Å². The minimum Gasteiger partial charge on any atom is -0.337 e. The molecule has 0 N–H and O–H groups in total. The number of aliphatic imine (C=N–C) groups is 1. The van der Waals surface area contributed by atoms with Crippen molar-refractivity contribution in [1.29, 1.82) is 0 Å². The van der Waals surface area contributed by atoms with Gasteiger partial charge in [0.05, 0.1) is 16.8 Å². The number of halogens is 1. The number of hydrogen-bond donors (Lipinski definition) is 0. The van der Waals surface area contributed by atoms with Gasteiger partial charge >= 0.3 is 0 Å². The molecule has 1 atom stereocenters. The molecule has 7 heteroatoms. The molecule has 2 aromatic carbocycles. The fraction of sp³-hybridized carbons (Fsp3) is 0.200. The van der Waals surface area contributed by atoms with E-state index in [9.17, 15) is 4.79 Å². The monoisotopic (exact) mass is 415 g/mol. The van der Waals surface area contributed by atoms with Gasteiger partial charge in [-0.25, -0.2) is 0 Å². The van der Waals surface area contributed by atoms with Gasteiger partial charge in [-0.15, -0.1) is 0 Å². The zero-order valence-electron chi connectivity index (χ0n) is 15.1. The van der Waals surface area contributed by atoms with Crippen molar-refractivity contribution in [3.63, 3.8) is 0 Å². The largest absolute Gasteiger partial charge is 0.337 e. The third-order valence-electron chi connectivity index (χ3n) is 4.55. The Balaban J connectivity index is 1.66. The van der Waals surface area contributed by atoms with Crippen molar-refractivity contribution in [1.82, 2.24) is 4.90 Å². The molecule has 0 bridgehead atoms. The fourth-order valence-corrected chi connectivity index (χ4v) is 5.52. The lowest BCUT2D eigenvalue weighted by atomic mass is 10.1. The van der Waals surface area contributed by atoms with Crippen LogP contribution in [0.5, 0.6) is 0 Å². The molecule has 0 spiro atoms. The van der Waals surface area contributed by atoms with Gasteiger partial charge in [0.15, 0.2) is 5.17 Å². The third-order valence-corrected chi connectivity index (χ3v) is 7.29. The van der Waals surface area contributed by atoms with Gasteiger partial charge < -0.3 is 4.90 Å². The first-order valence-electron chi connectivity index (χ1n) is 8.50. The molecule has 4 rings (SSSR count). The second-order valence-electron chi connectivity index (χ2n) is 6.37. The predicted octanol–water partition coefficient (Wildman–Crippen LogP) is 5.37. The van der Waals surface area contributed by atoms with Crippen molar-refractivity contribution >= 4 is 51.9 Å². The number of fused-ring (bicyclic) bond motifs is 1. The number of benzene rings is 2. The van der Waals surface area contributed by atoms with E-state index < -0.39 is 0 Å². The maximum absolute atomic E-state index is 12.9. The number of nitrogens with zero attached hydrogens (tertiary/aromatic N) is 3. The predicted molar refractivity (Wildman–Crippen MR) is 115 cm³/mol. The Hall–Kier alpha value is -1.89. The summed E-state index contributed by atoms with van der Waals surface area (Å²) < 4.78 is 0. The second kappa shape index (κ2) is 7.26. The lowest BCUT2D eigenvalue weighted by Crippen LogP contribution is -2.25. The molecule has 4 nitrogen and oxygen atoms in total. The summed E-state index contributed by atoms with van der Waals surface area (Å²) in [5, 5.41) is 2.34. The number of anilines is 1. The highest BCUT2D eigenvalue weighted by molar-refractivity contribution is 8.19. The minimum atomic E-state index is -0.0211. The highest BCUT2D eigenvalue weighted by Gasteiger charge is 2.37. The van der Waals surface area contributed by atoms with Crippen molar-refractivity contribution < 1.29 is 4.79 Å². The molecule has 2 heterocycles. The Morgan fingerprint density at radius 1 is 1.04 bits per heavy atom. The molecule has 0 aromatic heterocycles. The Labute approximate surface area is 172 Å². The molecule has 0 aliphatic carbocycles. The first kappa shape index (κ1) is 18.5. The number of carbonyl (C=O) groups excluding carboxylic acids is 1. The summed E-state index contributed by atoms with van der Waals surface area (Å²) in [6.45, 7) is 2.04. The van der Waals surface area contributed by atoms with Crippen LogP contribution in [0, 0.1) is 0 Å². The van der Waals surface area contributed by atoms with E-state index >= 15 is 0 Å². The van der Waals surface area contributed by atoms with Gasteiger partial charge in [0.1, 0.15) is 4.91 Å². The summed E-state index contributed by atoms with van der Waals surface area (Å²) in [6, 6.07) is 15.9. The average molecular weight is 416 g/mol. The van der Waals surface area contributed by atoms with Crippen LogP contribution >= 0.6 is 35.1 Å². The zero-order valence-corrected chi connectivity index (χ0v) is 17.5. The fourth-order valence-electron chi connectivity index (χ4n) is 2.98. The molecular formula is C20H18ClN3OS2. The van der Waals surface area contributed by atoms with Gasteiger partial charge in [-0.1, -0.05) is 53.7 Å². The molecule has 138 valence electrons. The van der Waals surface area contributed by atoms with Gasteiger partial charge in [0.25, 0.3) is 5.91 Å². The first-order valence-corrected chi connectivity index (χ1v) is 10.5. The Morgan fingerprint density at radius 2 is 1.78 bits per heavy atom. The van der Waals surface area contributed by atoms with Crippen molar-refractivity contribution in [3.8, 4) is 0 Å². The maximum Gasteiger partial charge on any atom is 0.269 e. The lowest BCUT2D eigenvalue weighted by molar-refractivity contribution is -0.121. The van der Waals surface area contributed by atoms with Crippen molar-refractivity contribution in [2.45, 2.75) is 17.9 Å². The van der Waals surface area contributed by atoms with Crippen LogP contribution in [0.25, 0.3) is 0 Å². The van der Waals surface area contributed by atoms with E-state index in [1.165, 1.54) is 11.8 Å². The Kier molecular flexibility index (Phi) is 4.97. The number of amides is 1. The number of amidine groups is 1. The van der Waals surface area contributed by atoms with Crippen molar-refractivity contribution in [3.05, 3.63) is 69.1 Å². The summed E-state index contributed by atoms with van der Waals surface area (Å²) in [5.74, 6) is -0.0211. The van der Waals surface area contributed by atoms with Gasteiger partial charge in [0.2, 0.25) is 0 Å². The van der Waals surface area contributed by atoms with E-state index in [0.717, 1.165) is 26.3 Å². The van der Waals surface area contributed by atoms with E-state index in [-0.39, 0.29) is 11.9 Å². The van der Waals surface area contributed by atoms with Crippen LogP contribution in [0.2, 0.25) is 5.02 Å². The Morgan fingerprint density at radius 3 is 2.52 bits per heavy atom. The van der Waals surface area contributed by atoms with Gasteiger partial charge in [0, 0.05) is 24.0 Å². The number of thioether (sulfide) groups is 2. The molecule has 2 aliphatic heterocycles. The molecule has 1 fully saturated rings. The molecule has 1 amide bonds. The van der Waals surface area contributed by atoms with E-state index in [1.54, 1.807) is 23.7 Å².